The Bertz CT molecular complexity index is 1610. The number of hydrogen-bond donors (Lipinski definition) is 0. The van der Waals surface area contributed by atoms with Crippen LogP contribution in [-0.4, -0.2) is 42.2 Å². The molecule has 10 heteroatoms. The Morgan fingerprint density at radius 1 is 1.21 bits per heavy atom. The van der Waals surface area contributed by atoms with Crippen molar-refractivity contribution < 1.29 is 14.3 Å². The molecule has 0 unspecified atom stereocenters. The lowest BCUT2D eigenvalue weighted by Crippen LogP contribution is -2.43. The Kier molecular flexibility index (Phi) is 9.30. The molecule has 2 heterocycles. The Morgan fingerprint density at radius 3 is 2.49 bits per heavy atom. The fraction of sp³-hybridized carbons (Fsp3) is 0.276. The van der Waals surface area contributed by atoms with Crippen molar-refractivity contribution in [1.29, 1.82) is 0 Å². The van der Waals surface area contributed by atoms with Crippen molar-refractivity contribution in [1.82, 2.24) is 9.47 Å². The molecule has 7 nitrogen and oxygen atoms in total. The van der Waals surface area contributed by atoms with Gasteiger partial charge in [-0.15, -0.1) is 0 Å². The van der Waals surface area contributed by atoms with Gasteiger partial charge in [0.25, 0.3) is 11.5 Å². The molecule has 0 aliphatic carbocycles. The number of halogens is 2. The van der Waals surface area contributed by atoms with E-state index in [1.54, 1.807) is 22.7 Å². The molecule has 0 saturated carbocycles. The van der Waals surface area contributed by atoms with Crippen molar-refractivity contribution in [3.63, 3.8) is 0 Å². The molecular formula is C29H29Br2N3O4S. The normalized spacial score (nSPS) is 15.0. The van der Waals surface area contributed by atoms with Crippen molar-refractivity contribution in [2.45, 2.75) is 26.8 Å². The summed E-state index contributed by atoms with van der Waals surface area (Å²) in [4.78, 5) is 34.8. The second-order valence-corrected chi connectivity index (χ2v) is 11.4. The van der Waals surface area contributed by atoms with Crippen LogP contribution in [0.25, 0.3) is 6.08 Å². The molecule has 0 saturated heterocycles. The topological polar surface area (TPSA) is 73.1 Å². The maximum Gasteiger partial charge on any atom is 0.271 e. The monoisotopic (exact) mass is 673 g/mol. The van der Waals surface area contributed by atoms with Crippen molar-refractivity contribution in [3.05, 3.63) is 100 Å². The van der Waals surface area contributed by atoms with Gasteiger partial charge in [0.1, 0.15) is 24.1 Å². The summed E-state index contributed by atoms with van der Waals surface area (Å²) in [5.74, 6) is 1.11. The lowest BCUT2D eigenvalue weighted by Gasteiger charge is -2.29. The van der Waals surface area contributed by atoms with Gasteiger partial charge >= 0.3 is 0 Å². The fourth-order valence-electron chi connectivity index (χ4n) is 4.56. The summed E-state index contributed by atoms with van der Waals surface area (Å²) in [7, 11) is 1.59. The molecule has 2 aromatic carbocycles. The van der Waals surface area contributed by atoms with Crippen molar-refractivity contribution in [2.75, 3.05) is 26.8 Å². The van der Waals surface area contributed by atoms with E-state index in [4.69, 9.17) is 14.5 Å². The molecule has 1 atom stereocenters. The molecule has 0 N–H and O–H groups in total. The summed E-state index contributed by atoms with van der Waals surface area (Å²) in [6, 6.07) is 10.6. The molecule has 39 heavy (non-hydrogen) atoms. The number of methoxy groups -OCH3 is 1. The van der Waals surface area contributed by atoms with Gasteiger partial charge in [0.05, 0.1) is 31.9 Å². The highest BCUT2D eigenvalue weighted by Gasteiger charge is 2.35. The molecule has 0 spiro atoms. The minimum absolute atomic E-state index is 0.144. The first-order chi connectivity index (χ1) is 18.7. The molecule has 4 rings (SSSR count). The third-order valence-corrected chi connectivity index (χ3v) is 8.56. The number of para-hydroxylation sites is 1. The number of likely N-dealkylation sites (N-methyl/N-ethyl adjacent to an activating group) is 1. The van der Waals surface area contributed by atoms with E-state index in [0.717, 1.165) is 20.1 Å². The predicted molar refractivity (Wildman–Crippen MR) is 162 cm³/mol. The van der Waals surface area contributed by atoms with Gasteiger partial charge in [-0.2, -0.15) is 0 Å². The van der Waals surface area contributed by atoms with Crippen LogP contribution >= 0.6 is 43.2 Å². The largest absolute Gasteiger partial charge is 0.496 e. The second kappa shape index (κ2) is 12.5. The van der Waals surface area contributed by atoms with Gasteiger partial charge < -0.3 is 14.4 Å². The third-order valence-electron chi connectivity index (χ3n) is 6.40. The summed E-state index contributed by atoms with van der Waals surface area (Å²) >= 11 is 8.41. The molecule has 1 aliphatic rings. The smallest absolute Gasteiger partial charge is 0.271 e. The number of amides is 1. The SMILES string of the molecule is C=CCOc1c(Br)cc(/C=c2/sc3n(c2=O)[C@@H](c2ccccc2OC)C(C(=O)N(CC)CC)=C(C)N=3)cc1Br. The minimum Gasteiger partial charge on any atom is -0.496 e. The molecule has 1 aliphatic heterocycles. The van der Waals surface area contributed by atoms with E-state index >= 15 is 0 Å². The summed E-state index contributed by atoms with van der Waals surface area (Å²) in [5, 5.41) is 0. The number of carbonyl (C=O) groups excluding carboxylic acids is 1. The van der Waals surface area contributed by atoms with E-state index in [-0.39, 0.29) is 11.5 Å². The van der Waals surface area contributed by atoms with E-state index in [1.807, 2.05) is 63.2 Å². The van der Waals surface area contributed by atoms with Crippen molar-refractivity contribution in [2.24, 2.45) is 4.99 Å². The highest BCUT2D eigenvalue weighted by atomic mass is 79.9. The van der Waals surface area contributed by atoms with Gasteiger partial charge in [0.15, 0.2) is 4.80 Å². The molecule has 1 aromatic heterocycles. The number of aromatic nitrogens is 1. The number of fused-ring (bicyclic) bond motifs is 1. The quantitative estimate of drug-likeness (QED) is 0.293. The average Bonchev–Trinajstić information content (AvgIpc) is 3.22. The molecule has 3 aromatic rings. The van der Waals surface area contributed by atoms with Gasteiger partial charge in [-0.25, -0.2) is 4.99 Å². The Balaban J connectivity index is 1.94. The Morgan fingerprint density at radius 2 is 1.87 bits per heavy atom. The number of allylic oxidation sites excluding steroid dienone is 1. The van der Waals surface area contributed by atoms with Crippen LogP contribution in [-0.2, 0) is 4.79 Å². The van der Waals surface area contributed by atoms with Crippen LogP contribution in [0.15, 0.2) is 79.1 Å². The van der Waals surface area contributed by atoms with E-state index < -0.39 is 6.04 Å². The van der Waals surface area contributed by atoms with Crippen LogP contribution in [0, 0.1) is 0 Å². The lowest BCUT2D eigenvalue weighted by atomic mass is 9.94. The molecular weight excluding hydrogens is 646 g/mol. The number of nitrogens with zero attached hydrogens (tertiary/aromatic N) is 3. The predicted octanol–water partition coefficient (Wildman–Crippen LogP) is 5.20. The van der Waals surface area contributed by atoms with Gasteiger partial charge in [-0.05, 0) is 82.5 Å². The molecule has 0 fully saturated rings. The highest BCUT2D eigenvalue weighted by Crippen LogP contribution is 2.37. The first-order valence-electron chi connectivity index (χ1n) is 12.4. The summed E-state index contributed by atoms with van der Waals surface area (Å²) < 4.78 is 15.0. The average molecular weight is 675 g/mol. The van der Waals surface area contributed by atoms with Crippen LogP contribution < -0.4 is 24.4 Å². The number of hydrogen-bond acceptors (Lipinski definition) is 6. The fourth-order valence-corrected chi connectivity index (χ4v) is 7.05. The van der Waals surface area contributed by atoms with E-state index in [1.165, 1.54) is 11.3 Å². The Labute approximate surface area is 248 Å². The minimum atomic E-state index is -0.680. The first kappa shape index (κ1) is 29.0. The van der Waals surface area contributed by atoms with Gasteiger partial charge in [0.2, 0.25) is 0 Å². The van der Waals surface area contributed by atoms with Gasteiger partial charge in [0, 0.05) is 18.7 Å². The number of carbonyl (C=O) groups is 1. The summed E-state index contributed by atoms with van der Waals surface area (Å²) in [5.41, 5.74) is 2.35. The molecule has 0 bridgehead atoms. The number of ether oxygens (including phenoxy) is 2. The lowest BCUT2D eigenvalue weighted by molar-refractivity contribution is -0.127. The standard InChI is InChI=1S/C29H29Br2N3O4S/c1-6-13-38-26-20(30)14-18(15-21(26)31)16-23-27(35)34-25(19-11-9-10-12-22(19)37-5)24(17(4)32-29(34)39-23)28(36)33(7-2)8-3/h6,9-12,14-16,25H,1,7-8,13H2,2-5H3/b23-16+/t25-/m0/s1. The molecule has 1 amide bonds. The first-order valence-corrected chi connectivity index (χ1v) is 14.8. The zero-order valence-corrected chi connectivity index (χ0v) is 26.2. The van der Waals surface area contributed by atoms with Crippen molar-refractivity contribution >= 4 is 55.2 Å². The molecule has 204 valence electrons. The third kappa shape index (κ3) is 5.69. The van der Waals surface area contributed by atoms with Crippen LogP contribution in [0.2, 0.25) is 0 Å². The van der Waals surface area contributed by atoms with Gasteiger partial charge in [-0.1, -0.05) is 42.2 Å². The van der Waals surface area contributed by atoms with Crippen LogP contribution in [0.5, 0.6) is 11.5 Å². The second-order valence-electron chi connectivity index (χ2n) is 8.71. The van der Waals surface area contributed by atoms with Gasteiger partial charge in [-0.3, -0.25) is 14.2 Å². The number of thiazole rings is 1. The van der Waals surface area contributed by atoms with Crippen LogP contribution in [0.3, 0.4) is 0 Å². The van der Waals surface area contributed by atoms with Crippen LogP contribution in [0.4, 0.5) is 0 Å². The zero-order chi connectivity index (χ0) is 28.3. The van der Waals surface area contributed by atoms with E-state index in [2.05, 4.69) is 38.4 Å². The van der Waals surface area contributed by atoms with E-state index in [0.29, 0.717) is 51.8 Å². The van der Waals surface area contributed by atoms with Crippen molar-refractivity contribution in [3.8, 4) is 11.5 Å². The molecule has 0 radical (unpaired) electrons. The Hall–Kier alpha value is -2.95. The summed E-state index contributed by atoms with van der Waals surface area (Å²) in [6.07, 6.45) is 3.49. The number of rotatable bonds is 9. The maximum atomic E-state index is 14.0. The summed E-state index contributed by atoms with van der Waals surface area (Å²) in [6.45, 7) is 10.9. The maximum absolute atomic E-state index is 14.0. The van der Waals surface area contributed by atoms with Crippen LogP contribution in [0.1, 0.15) is 37.9 Å². The van der Waals surface area contributed by atoms with E-state index in [9.17, 15) is 9.59 Å². The zero-order valence-electron chi connectivity index (χ0n) is 22.2. The highest BCUT2D eigenvalue weighted by molar-refractivity contribution is 9.11. The number of benzene rings is 2.